The lowest BCUT2D eigenvalue weighted by Gasteiger charge is -2.44. The van der Waals surface area contributed by atoms with Gasteiger partial charge in [0.2, 0.25) is 0 Å². The average molecular weight is 433 g/mol. The summed E-state index contributed by atoms with van der Waals surface area (Å²) in [6, 6.07) is 0. The Morgan fingerprint density at radius 1 is 1.13 bits per heavy atom. The minimum atomic E-state index is -1.86. The first-order chi connectivity index (χ1) is 14.4. The van der Waals surface area contributed by atoms with Gasteiger partial charge in [-0.3, -0.25) is 0 Å². The van der Waals surface area contributed by atoms with Gasteiger partial charge in [0.05, 0.1) is 12.2 Å². The third kappa shape index (κ3) is 5.35. The molecule has 4 heteroatoms. The first-order valence-corrected chi connectivity index (χ1v) is 12.3. The van der Waals surface area contributed by atoms with E-state index in [1.54, 1.807) is 0 Å². The first kappa shape index (κ1) is 24.7. The van der Waals surface area contributed by atoms with Crippen molar-refractivity contribution >= 4 is 0 Å². The molecule has 0 heterocycles. The van der Waals surface area contributed by atoms with Crippen LogP contribution in [0.15, 0.2) is 35.5 Å². The molecule has 3 aliphatic rings. The maximum Gasteiger partial charge on any atom is 0.169 e. The lowest BCUT2D eigenvalue weighted by Crippen LogP contribution is -2.39. The van der Waals surface area contributed by atoms with Gasteiger partial charge < -0.3 is 20.4 Å². The number of hydrogen-bond acceptors (Lipinski definition) is 4. The summed E-state index contributed by atoms with van der Waals surface area (Å²) in [6.45, 7) is 13.0. The molecule has 6 atom stereocenters. The quantitative estimate of drug-likeness (QED) is 0.451. The summed E-state index contributed by atoms with van der Waals surface area (Å²) in [5.74, 6) is 0.317. The topological polar surface area (TPSA) is 80.9 Å². The molecule has 0 radical (unpaired) electrons. The molecule has 3 rings (SSSR count). The second kappa shape index (κ2) is 9.51. The van der Waals surface area contributed by atoms with Crippen molar-refractivity contribution in [3.63, 3.8) is 0 Å². The molecule has 0 aromatic carbocycles. The third-order valence-corrected chi connectivity index (χ3v) is 8.72. The molecule has 4 N–H and O–H groups in total. The lowest BCUT2D eigenvalue weighted by atomic mass is 9.60. The van der Waals surface area contributed by atoms with Gasteiger partial charge in [-0.1, -0.05) is 52.0 Å². The van der Waals surface area contributed by atoms with Crippen molar-refractivity contribution in [1.82, 2.24) is 0 Å². The molecule has 176 valence electrons. The number of fused-ring (bicyclic) bond motifs is 1. The van der Waals surface area contributed by atoms with Gasteiger partial charge in [-0.25, -0.2) is 0 Å². The summed E-state index contributed by atoms with van der Waals surface area (Å²) in [4.78, 5) is 0. The second-order valence-corrected chi connectivity index (χ2v) is 11.3. The van der Waals surface area contributed by atoms with Crippen LogP contribution in [-0.4, -0.2) is 38.4 Å². The van der Waals surface area contributed by atoms with Crippen molar-refractivity contribution in [2.45, 2.75) is 103 Å². The highest BCUT2D eigenvalue weighted by Gasteiger charge is 2.50. The molecule has 3 fully saturated rings. The zero-order chi connectivity index (χ0) is 23.0. The van der Waals surface area contributed by atoms with Crippen LogP contribution < -0.4 is 0 Å². The molecule has 0 spiro atoms. The Morgan fingerprint density at radius 3 is 2.52 bits per heavy atom. The summed E-state index contributed by atoms with van der Waals surface area (Å²) in [7, 11) is 0. The van der Waals surface area contributed by atoms with Crippen LogP contribution in [0.4, 0.5) is 0 Å². The third-order valence-electron chi connectivity index (χ3n) is 8.72. The summed E-state index contributed by atoms with van der Waals surface area (Å²) < 4.78 is 0. The maximum atomic E-state index is 10.3. The number of aliphatic hydroxyl groups is 4. The van der Waals surface area contributed by atoms with Gasteiger partial charge in [0.1, 0.15) is 0 Å². The molecule has 1 unspecified atom stereocenters. The normalized spacial score (nSPS) is 38.0. The van der Waals surface area contributed by atoms with Crippen molar-refractivity contribution in [3.05, 3.63) is 35.5 Å². The summed E-state index contributed by atoms with van der Waals surface area (Å²) in [5, 5.41) is 40.5. The van der Waals surface area contributed by atoms with Gasteiger partial charge in [-0.2, -0.15) is 0 Å². The van der Waals surface area contributed by atoms with E-state index < -0.39 is 11.9 Å². The molecule has 3 aliphatic carbocycles. The van der Waals surface area contributed by atoms with E-state index in [0.717, 1.165) is 24.8 Å². The molecule has 0 aliphatic heterocycles. The predicted octanol–water partition coefficient (Wildman–Crippen LogP) is 4.88. The van der Waals surface area contributed by atoms with Gasteiger partial charge >= 0.3 is 0 Å². The van der Waals surface area contributed by atoms with Crippen molar-refractivity contribution in [1.29, 1.82) is 0 Å². The van der Waals surface area contributed by atoms with Crippen molar-refractivity contribution < 1.29 is 20.4 Å². The molecule has 3 saturated carbocycles. The van der Waals surface area contributed by atoms with E-state index in [-0.39, 0.29) is 18.9 Å². The summed E-state index contributed by atoms with van der Waals surface area (Å²) >= 11 is 0. The molecule has 31 heavy (non-hydrogen) atoms. The molecule has 0 aromatic heterocycles. The lowest BCUT2D eigenvalue weighted by molar-refractivity contribution is -0.181. The summed E-state index contributed by atoms with van der Waals surface area (Å²) in [5.41, 5.74) is 3.11. The highest BCUT2D eigenvalue weighted by Crippen LogP contribution is 2.60. The fraction of sp³-hybridized carbons (Fsp3) is 0.778. The number of allylic oxidation sites excluding steroid dienone is 3. The van der Waals surface area contributed by atoms with Crippen LogP contribution in [0.1, 0.15) is 85.5 Å². The summed E-state index contributed by atoms with van der Waals surface area (Å²) in [6.07, 6.45) is 11.1. The molecule has 0 saturated heterocycles. The number of hydrogen-bond donors (Lipinski definition) is 4. The minimum Gasteiger partial charge on any atom is -0.393 e. The largest absolute Gasteiger partial charge is 0.393 e. The first-order valence-electron chi connectivity index (χ1n) is 12.3. The van der Waals surface area contributed by atoms with Gasteiger partial charge in [0.25, 0.3) is 0 Å². The van der Waals surface area contributed by atoms with Gasteiger partial charge in [0.15, 0.2) is 5.79 Å². The van der Waals surface area contributed by atoms with Crippen LogP contribution in [0.2, 0.25) is 0 Å². The van der Waals surface area contributed by atoms with Crippen LogP contribution in [0, 0.1) is 29.1 Å². The van der Waals surface area contributed by atoms with Crippen LogP contribution >= 0.6 is 0 Å². The van der Waals surface area contributed by atoms with E-state index in [1.807, 2.05) is 6.08 Å². The van der Waals surface area contributed by atoms with Crippen LogP contribution in [0.25, 0.3) is 0 Å². The van der Waals surface area contributed by atoms with E-state index in [4.69, 9.17) is 0 Å². The second-order valence-electron chi connectivity index (χ2n) is 11.3. The van der Waals surface area contributed by atoms with Crippen LogP contribution in [0.3, 0.4) is 0 Å². The average Bonchev–Trinajstić information content (AvgIpc) is 3.04. The van der Waals surface area contributed by atoms with Crippen molar-refractivity contribution in [2.24, 2.45) is 29.1 Å². The maximum absolute atomic E-state index is 10.3. The highest BCUT2D eigenvalue weighted by atomic mass is 16.5. The van der Waals surface area contributed by atoms with Gasteiger partial charge in [0, 0.05) is 12.8 Å². The molecule has 0 bridgehead atoms. The van der Waals surface area contributed by atoms with E-state index >= 15 is 0 Å². The Bertz CT molecular complexity index is 719. The Hall–Kier alpha value is -0.940. The zero-order valence-corrected chi connectivity index (χ0v) is 20.0. The zero-order valence-electron chi connectivity index (χ0n) is 20.0. The number of aliphatic hydroxyl groups excluding tert-OH is 2. The smallest absolute Gasteiger partial charge is 0.169 e. The molecular weight excluding hydrogens is 388 g/mol. The fourth-order valence-electron chi connectivity index (χ4n) is 6.69. The van der Waals surface area contributed by atoms with E-state index in [9.17, 15) is 20.4 Å². The molecule has 4 nitrogen and oxygen atoms in total. The van der Waals surface area contributed by atoms with Gasteiger partial charge in [-0.05, 0) is 85.2 Å². The van der Waals surface area contributed by atoms with E-state index in [0.29, 0.717) is 34.7 Å². The Labute approximate surface area is 188 Å². The van der Waals surface area contributed by atoms with Crippen LogP contribution in [0.5, 0.6) is 0 Å². The highest BCUT2D eigenvalue weighted by molar-refractivity contribution is 5.39. The van der Waals surface area contributed by atoms with Crippen LogP contribution in [-0.2, 0) is 0 Å². The van der Waals surface area contributed by atoms with E-state index in [2.05, 4.69) is 40.3 Å². The monoisotopic (exact) mass is 432 g/mol. The molecular formula is C27H44O4. The molecule has 0 aromatic rings. The Kier molecular flexibility index (Phi) is 7.57. The molecule has 0 amide bonds. The standard InChI is InChI=1S/C27H44O4/c1-17(2)24(28)13-8-18(3)22-11-12-23-20(7-6-14-26(22,23)5)9-10-21-15-27(30,31)16-25(29)19(21)4/h9-10,17-18,22-25,28-31H,4,6-8,11-16H2,1-3,5H3/b20-9+,21-10-/t18-,22-,23+,24?,25+,26-/m1/s1. The van der Waals surface area contributed by atoms with Crippen molar-refractivity contribution in [3.8, 4) is 0 Å². The van der Waals surface area contributed by atoms with Crippen molar-refractivity contribution in [2.75, 3.05) is 0 Å². The fourth-order valence-corrected chi connectivity index (χ4v) is 6.69. The minimum absolute atomic E-state index is 0.0779. The number of rotatable bonds is 6. The van der Waals surface area contributed by atoms with Gasteiger partial charge in [-0.15, -0.1) is 0 Å². The van der Waals surface area contributed by atoms with E-state index in [1.165, 1.54) is 31.3 Å². The Balaban J connectivity index is 1.74. The Morgan fingerprint density at radius 2 is 1.84 bits per heavy atom. The SMILES string of the molecule is C=C1/C(=C\C=C2/CCC[C@]3(C)[C@@H]([C@H](C)CCC(O)C(C)C)CC[C@@H]23)CC(O)(O)C[C@@H]1O. The predicted molar refractivity (Wildman–Crippen MR) is 125 cm³/mol.